The molecule has 22 nitrogen and oxygen atoms in total. The molecule has 63 heavy (non-hydrogen) atoms. The van der Waals surface area contributed by atoms with E-state index in [-0.39, 0.29) is 42.9 Å². The number of nitrogens with two attached hydrogens (primary N) is 1. The van der Waals surface area contributed by atoms with Gasteiger partial charge in [0, 0.05) is 44.8 Å². The van der Waals surface area contributed by atoms with E-state index in [1.54, 1.807) is 24.5 Å². The summed E-state index contributed by atoms with van der Waals surface area (Å²) < 4.78 is 6.65. The van der Waals surface area contributed by atoms with Gasteiger partial charge in [0.25, 0.3) is 5.56 Å². The van der Waals surface area contributed by atoms with E-state index in [4.69, 9.17) is 10.5 Å². The largest absolute Gasteiger partial charge is 0.508 e. The van der Waals surface area contributed by atoms with Gasteiger partial charge in [0.15, 0.2) is 0 Å². The number of phenols is 2. The van der Waals surface area contributed by atoms with Crippen LogP contribution < -0.4 is 43.6 Å². The molecule has 340 valence electrons. The number of aliphatic hydroxyl groups excluding tert-OH is 1. The first-order valence-corrected chi connectivity index (χ1v) is 20.9. The fourth-order valence-corrected chi connectivity index (χ4v) is 6.95. The Morgan fingerprint density at radius 3 is 2.13 bits per heavy atom. The van der Waals surface area contributed by atoms with Gasteiger partial charge in [0.2, 0.25) is 29.9 Å². The van der Waals surface area contributed by atoms with E-state index in [0.29, 0.717) is 16.9 Å². The summed E-state index contributed by atoms with van der Waals surface area (Å²) in [7, 11) is 1.32. The van der Waals surface area contributed by atoms with Gasteiger partial charge in [-0.15, -0.1) is 0 Å². The van der Waals surface area contributed by atoms with Gasteiger partial charge in [0.05, 0.1) is 12.6 Å². The lowest BCUT2D eigenvalue weighted by molar-refractivity contribution is -0.140. The van der Waals surface area contributed by atoms with E-state index in [2.05, 4.69) is 31.6 Å². The minimum Gasteiger partial charge on any atom is -0.508 e. The van der Waals surface area contributed by atoms with Crippen LogP contribution in [0, 0.1) is 0 Å². The van der Waals surface area contributed by atoms with Crippen LogP contribution in [0.25, 0.3) is 0 Å². The van der Waals surface area contributed by atoms with Gasteiger partial charge in [0.1, 0.15) is 47.5 Å². The van der Waals surface area contributed by atoms with E-state index in [1.165, 1.54) is 56.1 Å². The lowest BCUT2D eigenvalue weighted by Gasteiger charge is -2.34. The molecule has 1 aromatic heterocycles. The van der Waals surface area contributed by atoms with Crippen molar-refractivity contribution in [3.05, 3.63) is 105 Å². The number of aromatic nitrogens is 2. The van der Waals surface area contributed by atoms with Gasteiger partial charge in [-0.25, -0.2) is 14.4 Å². The number of likely N-dealkylation sites (N-methyl/N-ethyl adjacent to an activating group) is 1. The number of benzene rings is 2. The molecule has 0 bridgehead atoms. The first kappa shape index (κ1) is 48.8. The molecule has 1 aliphatic heterocycles. The number of hydrogen-bond acceptors (Lipinski definition) is 14. The van der Waals surface area contributed by atoms with Crippen LogP contribution in [0.15, 0.2) is 82.3 Å². The van der Waals surface area contributed by atoms with E-state index >= 15 is 0 Å². The fourth-order valence-electron chi connectivity index (χ4n) is 6.48. The summed E-state index contributed by atoms with van der Waals surface area (Å²) in [5.41, 5.74) is 4.86. The van der Waals surface area contributed by atoms with Crippen LogP contribution in [-0.4, -0.2) is 132 Å². The molecule has 1 saturated heterocycles. The lowest BCUT2D eigenvalue weighted by atomic mass is 10.0. The summed E-state index contributed by atoms with van der Waals surface area (Å²) in [6.07, 6.45) is 0.858. The van der Waals surface area contributed by atoms with Crippen molar-refractivity contribution in [1.82, 2.24) is 41.0 Å². The maximum absolute atomic E-state index is 14.1. The van der Waals surface area contributed by atoms with E-state index in [1.807, 2.05) is 0 Å². The molecule has 0 radical (unpaired) electrons. The number of carboxylic acids is 1. The maximum atomic E-state index is 14.1. The van der Waals surface area contributed by atoms with Crippen LogP contribution in [0.4, 0.5) is 4.79 Å². The smallest absolute Gasteiger partial charge is 0.331 e. The van der Waals surface area contributed by atoms with Crippen molar-refractivity contribution in [2.75, 3.05) is 25.6 Å². The number of aliphatic hydroxyl groups is 1. The Morgan fingerprint density at radius 2 is 1.56 bits per heavy atom. The third-order valence-corrected chi connectivity index (χ3v) is 10.5. The number of rotatable bonds is 20. The Balaban J connectivity index is 1.61. The number of amides is 6. The molecule has 23 heteroatoms. The Labute approximate surface area is 364 Å². The molecule has 1 fully saturated rings. The summed E-state index contributed by atoms with van der Waals surface area (Å²) in [6, 6.07) is 4.86. The number of aromatic amines is 1. The van der Waals surface area contributed by atoms with Gasteiger partial charge < -0.3 is 62.4 Å². The Kier molecular flexibility index (Phi) is 17.7. The van der Waals surface area contributed by atoms with Gasteiger partial charge in [-0.3, -0.25) is 33.5 Å². The van der Waals surface area contributed by atoms with Crippen molar-refractivity contribution >= 4 is 47.4 Å². The van der Waals surface area contributed by atoms with Gasteiger partial charge >= 0.3 is 17.7 Å². The summed E-state index contributed by atoms with van der Waals surface area (Å²) in [5, 5.41) is 52.8. The van der Waals surface area contributed by atoms with Crippen LogP contribution in [0.3, 0.4) is 0 Å². The number of aromatic hydroxyl groups is 2. The maximum Gasteiger partial charge on any atom is 0.331 e. The first-order valence-electron chi connectivity index (χ1n) is 19.5. The molecule has 3 aromatic rings. The Hall–Kier alpha value is -6.85. The molecule has 2 aromatic carbocycles. The number of nitrogens with one attached hydrogen (secondary N) is 6. The number of carbonyl (C=O) groups excluding carboxylic acids is 5. The zero-order valence-electron chi connectivity index (χ0n) is 34.5. The second kappa shape index (κ2) is 22.8. The Bertz CT molecular complexity index is 2290. The number of thioether (sulfide) groups is 1. The summed E-state index contributed by atoms with van der Waals surface area (Å²) in [6.45, 7) is 0.963. The number of carbonyl (C=O) groups is 6. The molecule has 12 N–H and O–H groups in total. The summed E-state index contributed by atoms with van der Waals surface area (Å²) >= 11 is 1.33. The molecule has 4 unspecified atom stereocenters. The molecule has 1 aliphatic rings. The highest BCUT2D eigenvalue weighted by Crippen LogP contribution is 2.30. The molecular formula is C40H51N9O13S. The molecule has 7 atom stereocenters. The predicted octanol–water partition coefficient (Wildman–Crippen LogP) is -1.68. The zero-order chi connectivity index (χ0) is 46.4. The standard InChI is InChI=1S/C40H51N9O13S/c1-21(48(2)36(57)28(43-32(54)19-41)16-22-6-4-8-24(50)14-22)33(35(56)42-20-26-18-30(52)37(62-26)49-12-10-31(53)46-40(49)61)47-34(55)27(11-13-63-3)44-39(60)45-29(38(58)59)17-23-7-5-9-25(51)15-23/h4-10,12,14-15,20-21,27-30,33,37,50-52H,11,13,16-19,41H2,1-3H3,(H,42,56)(H,43,54)(H,47,55)(H,58,59)(H2,44,45,60)(H,46,53,61)/b26-20+/t21?,27-,28-,29?,30?,33+,37?/m0/s1. The number of phenolic OH excluding ortho intramolecular Hbond substituents is 2. The molecule has 6 amide bonds. The van der Waals surface area contributed by atoms with Crippen molar-refractivity contribution in [2.24, 2.45) is 5.73 Å². The number of nitrogens with zero attached hydrogens (tertiary/aromatic N) is 2. The van der Waals surface area contributed by atoms with Crippen molar-refractivity contribution in [3.63, 3.8) is 0 Å². The SMILES string of the molecule is CSCC[C@H](NC(=O)NC(Cc1cccc(O)c1)C(=O)O)C(=O)N[C@@H](C(=O)N/C=C1\CC(O)C(n2ccc(=O)[nH]c2=O)O1)C(C)N(C)C(=O)[C@H](Cc1cccc(O)c1)NC(=O)CN. The number of aliphatic carboxylic acids is 1. The van der Waals surface area contributed by atoms with Gasteiger partial charge in [-0.1, -0.05) is 24.3 Å². The van der Waals surface area contributed by atoms with Crippen LogP contribution in [0.2, 0.25) is 0 Å². The topological polar surface area (TPSA) is 337 Å². The number of hydrogen-bond donors (Lipinski definition) is 11. The van der Waals surface area contributed by atoms with Crippen LogP contribution in [0.1, 0.15) is 37.1 Å². The second-order valence-corrected chi connectivity index (χ2v) is 15.5. The molecule has 0 saturated carbocycles. The van der Waals surface area contributed by atoms with Crippen molar-refractivity contribution in [1.29, 1.82) is 0 Å². The lowest BCUT2D eigenvalue weighted by Crippen LogP contribution is -2.62. The highest BCUT2D eigenvalue weighted by molar-refractivity contribution is 7.98. The minimum atomic E-state index is -1.61. The number of ether oxygens (including phenoxy) is 1. The second-order valence-electron chi connectivity index (χ2n) is 14.5. The number of H-pyrrole nitrogens is 1. The molecule has 4 rings (SSSR count). The highest BCUT2D eigenvalue weighted by atomic mass is 32.2. The van der Waals surface area contributed by atoms with Gasteiger partial charge in [-0.2, -0.15) is 11.8 Å². The normalized spacial score (nSPS) is 17.5. The minimum absolute atomic E-state index is 0.000605. The average molecular weight is 898 g/mol. The van der Waals surface area contributed by atoms with Crippen LogP contribution in [-0.2, 0) is 41.6 Å². The highest BCUT2D eigenvalue weighted by Gasteiger charge is 2.38. The average Bonchev–Trinajstić information content (AvgIpc) is 3.61. The molecule has 2 heterocycles. The molecule has 0 spiro atoms. The van der Waals surface area contributed by atoms with E-state index in [0.717, 1.165) is 27.9 Å². The predicted molar refractivity (Wildman–Crippen MR) is 227 cm³/mol. The monoisotopic (exact) mass is 897 g/mol. The zero-order valence-corrected chi connectivity index (χ0v) is 35.3. The fraction of sp³-hybridized carbons (Fsp3) is 0.400. The quantitative estimate of drug-likeness (QED) is 0.0604. The molecular weight excluding hydrogens is 847 g/mol. The van der Waals surface area contributed by atoms with E-state index < -0.39 is 96.0 Å². The number of carboxylic acid groups (broad SMARTS) is 1. The summed E-state index contributed by atoms with van der Waals surface area (Å²) in [5.74, 6) is -4.53. The van der Waals surface area contributed by atoms with Crippen LogP contribution in [0.5, 0.6) is 11.5 Å². The van der Waals surface area contributed by atoms with Crippen LogP contribution >= 0.6 is 11.8 Å². The van der Waals surface area contributed by atoms with Crippen molar-refractivity contribution < 1.29 is 53.9 Å². The van der Waals surface area contributed by atoms with E-state index in [9.17, 15) is 58.8 Å². The third kappa shape index (κ3) is 14.1. The van der Waals surface area contributed by atoms with Crippen molar-refractivity contribution in [3.8, 4) is 11.5 Å². The Morgan fingerprint density at radius 1 is 0.937 bits per heavy atom. The third-order valence-electron chi connectivity index (χ3n) is 9.89. The number of urea groups is 1. The molecule has 0 aliphatic carbocycles. The first-order chi connectivity index (χ1) is 29.9. The van der Waals surface area contributed by atoms with Gasteiger partial charge in [-0.05, 0) is 60.7 Å². The summed E-state index contributed by atoms with van der Waals surface area (Å²) in [4.78, 5) is 107. The van der Waals surface area contributed by atoms with Crippen molar-refractivity contribution in [2.45, 2.75) is 75.1 Å².